The predicted octanol–water partition coefficient (Wildman–Crippen LogP) is 4.08. The van der Waals surface area contributed by atoms with Crippen LogP contribution in [0.3, 0.4) is 0 Å². The first-order valence-electron chi connectivity index (χ1n) is 9.23. The maximum absolute atomic E-state index is 13.7. The Kier molecular flexibility index (Phi) is 5.15. The van der Waals surface area contributed by atoms with E-state index in [1.807, 2.05) is 0 Å². The van der Waals surface area contributed by atoms with Gasteiger partial charge in [0, 0.05) is 24.6 Å². The van der Waals surface area contributed by atoms with Crippen molar-refractivity contribution < 1.29 is 27.1 Å². The summed E-state index contributed by atoms with van der Waals surface area (Å²) in [5, 5.41) is 9.57. The van der Waals surface area contributed by atoms with Gasteiger partial charge in [0.05, 0.1) is 19.4 Å². The summed E-state index contributed by atoms with van der Waals surface area (Å²) in [5.41, 5.74) is 0.628. The van der Waals surface area contributed by atoms with Crippen LogP contribution in [0.2, 0.25) is 0 Å². The number of furan rings is 1. The number of carbonyl (C=O) groups is 1. The van der Waals surface area contributed by atoms with E-state index in [0.29, 0.717) is 11.5 Å². The average molecular weight is 420 g/mol. The van der Waals surface area contributed by atoms with E-state index in [0.717, 1.165) is 10.2 Å². The molecule has 158 valence electrons. The lowest BCUT2D eigenvalue weighted by atomic mass is 10.0. The maximum Gasteiger partial charge on any atom is 0.410 e. The zero-order valence-corrected chi connectivity index (χ0v) is 15.9. The van der Waals surface area contributed by atoms with Crippen LogP contribution in [0.1, 0.15) is 40.3 Å². The van der Waals surface area contributed by atoms with Crippen molar-refractivity contribution in [1.29, 1.82) is 0 Å². The van der Waals surface area contributed by atoms with Crippen LogP contribution in [0.4, 0.5) is 19.0 Å². The Bertz CT molecular complexity index is 1030. The molecule has 2 unspecified atom stereocenters. The standard InChI is InChI=1S/C20H19F3N4O3/c1-29-15-6-3-2-5-12(15)11-24-19(28)14-10-18-25-13(16-7-4-8-30-16)9-17(20(21,22)23)27(18)26-14/h2-8,10,13,17,25H,9,11H2,1H3,(H,24,28). The number of fused-ring (bicyclic) bond motifs is 1. The molecule has 2 atom stereocenters. The molecule has 1 aliphatic heterocycles. The molecule has 1 aromatic carbocycles. The molecule has 3 heterocycles. The molecule has 3 aromatic rings. The second-order valence-electron chi connectivity index (χ2n) is 6.86. The molecule has 1 amide bonds. The minimum absolute atomic E-state index is 0.104. The summed E-state index contributed by atoms with van der Waals surface area (Å²) < 4.78 is 52.3. The zero-order chi connectivity index (χ0) is 21.3. The van der Waals surface area contributed by atoms with E-state index in [1.165, 1.54) is 19.4 Å². The van der Waals surface area contributed by atoms with Crippen molar-refractivity contribution in [1.82, 2.24) is 15.1 Å². The largest absolute Gasteiger partial charge is 0.496 e. The molecular formula is C20H19F3N4O3. The molecule has 0 aliphatic carbocycles. The number of carbonyl (C=O) groups excluding carboxylic acids is 1. The van der Waals surface area contributed by atoms with Gasteiger partial charge in [0.1, 0.15) is 17.3 Å². The smallest absolute Gasteiger partial charge is 0.410 e. The summed E-state index contributed by atoms with van der Waals surface area (Å²) in [6, 6.07) is 9.11. The van der Waals surface area contributed by atoms with Gasteiger partial charge in [-0.1, -0.05) is 18.2 Å². The van der Waals surface area contributed by atoms with Gasteiger partial charge in [0.2, 0.25) is 0 Å². The lowest BCUT2D eigenvalue weighted by molar-refractivity contribution is -0.174. The average Bonchev–Trinajstić information content (AvgIpc) is 3.40. The number of ether oxygens (including phenoxy) is 1. The number of benzene rings is 1. The first-order valence-corrected chi connectivity index (χ1v) is 9.23. The van der Waals surface area contributed by atoms with Gasteiger partial charge < -0.3 is 19.8 Å². The van der Waals surface area contributed by atoms with Gasteiger partial charge in [-0.05, 0) is 18.2 Å². The molecule has 30 heavy (non-hydrogen) atoms. The molecule has 0 spiro atoms. The van der Waals surface area contributed by atoms with Crippen molar-refractivity contribution in [3.63, 3.8) is 0 Å². The number of rotatable bonds is 5. The van der Waals surface area contributed by atoms with Crippen LogP contribution < -0.4 is 15.4 Å². The van der Waals surface area contributed by atoms with Gasteiger partial charge in [-0.25, -0.2) is 4.68 Å². The lowest BCUT2D eigenvalue weighted by Crippen LogP contribution is -2.35. The number of halogens is 3. The molecule has 1 aliphatic rings. The van der Waals surface area contributed by atoms with Gasteiger partial charge in [-0.3, -0.25) is 4.79 Å². The molecule has 10 heteroatoms. The van der Waals surface area contributed by atoms with Crippen molar-refractivity contribution in [2.24, 2.45) is 0 Å². The fraction of sp³-hybridized carbons (Fsp3) is 0.300. The van der Waals surface area contributed by atoms with E-state index in [4.69, 9.17) is 9.15 Å². The number of methoxy groups -OCH3 is 1. The minimum atomic E-state index is -4.53. The Hall–Kier alpha value is -3.43. The van der Waals surface area contributed by atoms with Gasteiger partial charge in [0.15, 0.2) is 11.7 Å². The van der Waals surface area contributed by atoms with Gasteiger partial charge in [0.25, 0.3) is 5.91 Å². The number of amides is 1. The normalized spacial score (nSPS) is 18.4. The molecule has 0 saturated heterocycles. The molecular weight excluding hydrogens is 401 g/mol. The van der Waals surface area contributed by atoms with Crippen molar-refractivity contribution in [2.45, 2.75) is 31.2 Å². The van der Waals surface area contributed by atoms with Crippen LogP contribution in [0.5, 0.6) is 5.75 Å². The van der Waals surface area contributed by atoms with Gasteiger partial charge >= 0.3 is 6.18 Å². The number of anilines is 1. The van der Waals surface area contributed by atoms with E-state index in [-0.39, 0.29) is 24.5 Å². The zero-order valence-electron chi connectivity index (χ0n) is 15.9. The first kappa shape index (κ1) is 19.9. The van der Waals surface area contributed by atoms with Crippen LogP contribution in [0, 0.1) is 0 Å². The third kappa shape index (κ3) is 3.85. The number of alkyl halides is 3. The Balaban J connectivity index is 1.56. The molecule has 0 fully saturated rings. The fourth-order valence-corrected chi connectivity index (χ4v) is 3.48. The lowest BCUT2D eigenvalue weighted by Gasteiger charge is -2.32. The molecule has 2 N–H and O–H groups in total. The van der Waals surface area contributed by atoms with Crippen molar-refractivity contribution >= 4 is 11.7 Å². The Morgan fingerprint density at radius 2 is 2.13 bits per heavy atom. The first-order chi connectivity index (χ1) is 14.4. The molecule has 7 nitrogen and oxygen atoms in total. The number of hydrogen-bond donors (Lipinski definition) is 2. The number of aromatic nitrogens is 2. The van der Waals surface area contributed by atoms with Crippen molar-refractivity contribution in [3.05, 3.63) is 65.7 Å². The third-order valence-electron chi connectivity index (χ3n) is 4.94. The Morgan fingerprint density at radius 1 is 1.33 bits per heavy atom. The van der Waals surface area contributed by atoms with Gasteiger partial charge in [-0.2, -0.15) is 18.3 Å². The van der Waals surface area contributed by atoms with Gasteiger partial charge in [-0.15, -0.1) is 0 Å². The van der Waals surface area contributed by atoms with Crippen LogP contribution in [0.25, 0.3) is 0 Å². The molecule has 0 saturated carbocycles. The quantitative estimate of drug-likeness (QED) is 0.650. The van der Waals surface area contributed by atoms with Crippen LogP contribution >= 0.6 is 0 Å². The van der Waals surface area contributed by atoms with Crippen LogP contribution in [-0.2, 0) is 6.54 Å². The maximum atomic E-state index is 13.7. The highest BCUT2D eigenvalue weighted by Gasteiger charge is 2.47. The highest BCUT2D eigenvalue weighted by Crippen LogP contribution is 2.43. The van der Waals surface area contributed by atoms with Crippen molar-refractivity contribution in [2.75, 3.05) is 12.4 Å². The van der Waals surface area contributed by atoms with Crippen molar-refractivity contribution in [3.8, 4) is 5.75 Å². The van der Waals surface area contributed by atoms with Crippen LogP contribution in [0.15, 0.2) is 53.1 Å². The number of nitrogens with zero attached hydrogens (tertiary/aromatic N) is 2. The predicted molar refractivity (Wildman–Crippen MR) is 101 cm³/mol. The summed E-state index contributed by atoms with van der Waals surface area (Å²) in [7, 11) is 1.52. The molecule has 0 bridgehead atoms. The monoisotopic (exact) mass is 420 g/mol. The second-order valence-corrected chi connectivity index (χ2v) is 6.86. The molecule has 4 rings (SSSR count). The Morgan fingerprint density at radius 3 is 2.83 bits per heavy atom. The highest BCUT2D eigenvalue weighted by molar-refractivity contribution is 5.93. The number of nitrogens with one attached hydrogen (secondary N) is 2. The third-order valence-corrected chi connectivity index (χ3v) is 4.94. The summed E-state index contributed by atoms with van der Waals surface area (Å²) >= 11 is 0. The highest BCUT2D eigenvalue weighted by atomic mass is 19.4. The van der Waals surface area contributed by atoms with E-state index < -0.39 is 24.2 Å². The summed E-state index contributed by atoms with van der Waals surface area (Å²) in [5.74, 6) is 0.508. The summed E-state index contributed by atoms with van der Waals surface area (Å²) in [4.78, 5) is 12.5. The Labute approximate surface area is 169 Å². The fourth-order valence-electron chi connectivity index (χ4n) is 3.48. The molecule has 2 aromatic heterocycles. The number of hydrogen-bond acceptors (Lipinski definition) is 5. The molecule has 0 radical (unpaired) electrons. The van der Waals surface area contributed by atoms with E-state index in [2.05, 4.69) is 15.7 Å². The number of para-hydroxylation sites is 1. The van der Waals surface area contributed by atoms with Crippen LogP contribution in [-0.4, -0.2) is 29.0 Å². The van der Waals surface area contributed by atoms with E-state index >= 15 is 0 Å². The van der Waals surface area contributed by atoms with E-state index in [1.54, 1.807) is 36.4 Å². The summed E-state index contributed by atoms with van der Waals surface area (Å²) in [6.07, 6.45) is -3.42. The minimum Gasteiger partial charge on any atom is -0.496 e. The summed E-state index contributed by atoms with van der Waals surface area (Å²) in [6.45, 7) is 0.149. The SMILES string of the molecule is COc1ccccc1CNC(=O)c1cc2n(n1)C(C(F)(F)F)CC(c1ccco1)N2. The van der Waals surface area contributed by atoms with E-state index in [9.17, 15) is 18.0 Å². The topological polar surface area (TPSA) is 81.3 Å². The second kappa shape index (κ2) is 7.77.